The van der Waals surface area contributed by atoms with Crippen molar-refractivity contribution in [1.82, 2.24) is 15.5 Å². The highest BCUT2D eigenvalue weighted by atomic mass is 16.2. The van der Waals surface area contributed by atoms with E-state index in [0.717, 1.165) is 31.5 Å². The Bertz CT molecular complexity index is 374. The topological polar surface area (TPSA) is 44.4 Å². The first-order valence-corrected chi connectivity index (χ1v) is 6.52. The number of piperidine rings is 1. The van der Waals surface area contributed by atoms with Gasteiger partial charge in [0, 0.05) is 26.2 Å². The summed E-state index contributed by atoms with van der Waals surface area (Å²) in [6.45, 7) is 2.55. The zero-order valence-electron chi connectivity index (χ0n) is 10.9. The van der Waals surface area contributed by atoms with Gasteiger partial charge in [0.25, 0.3) is 0 Å². The monoisotopic (exact) mass is 247 g/mol. The quantitative estimate of drug-likeness (QED) is 0.851. The fraction of sp³-hybridized carbons (Fsp3) is 0.500. The molecule has 2 N–H and O–H groups in total. The number of rotatable bonds is 3. The summed E-state index contributed by atoms with van der Waals surface area (Å²) < 4.78 is 0. The average Bonchev–Trinajstić information content (AvgIpc) is 2.46. The minimum absolute atomic E-state index is 0.00699. The molecule has 1 unspecified atom stereocenters. The molecule has 1 saturated heterocycles. The number of nitrogens with one attached hydrogen (secondary N) is 2. The molecule has 18 heavy (non-hydrogen) atoms. The third-order valence-corrected chi connectivity index (χ3v) is 3.43. The molecular weight excluding hydrogens is 226 g/mol. The van der Waals surface area contributed by atoms with Crippen LogP contribution in [0.1, 0.15) is 18.4 Å². The van der Waals surface area contributed by atoms with E-state index in [0.29, 0.717) is 12.6 Å². The second-order valence-corrected chi connectivity index (χ2v) is 4.76. The van der Waals surface area contributed by atoms with Crippen molar-refractivity contribution in [1.29, 1.82) is 0 Å². The maximum atomic E-state index is 12.0. The molecule has 4 nitrogen and oxygen atoms in total. The predicted molar refractivity (Wildman–Crippen MR) is 72.3 cm³/mol. The largest absolute Gasteiger partial charge is 0.334 e. The molecular formula is C14H21N3O. The standard InChI is InChI=1S/C14H21N3O/c1-17(13-8-5-9-15-11-13)14(18)16-10-12-6-3-2-4-7-12/h2-4,6-7,13,15H,5,8-11H2,1H3,(H,16,18). The maximum Gasteiger partial charge on any atom is 0.317 e. The van der Waals surface area contributed by atoms with E-state index in [2.05, 4.69) is 10.6 Å². The molecule has 0 bridgehead atoms. The summed E-state index contributed by atoms with van der Waals surface area (Å²) in [5.74, 6) is 0. The van der Waals surface area contributed by atoms with Gasteiger partial charge in [-0.15, -0.1) is 0 Å². The van der Waals surface area contributed by atoms with Gasteiger partial charge in [-0.2, -0.15) is 0 Å². The molecule has 1 fully saturated rings. The van der Waals surface area contributed by atoms with Crippen LogP contribution in [-0.2, 0) is 6.54 Å². The number of urea groups is 1. The summed E-state index contributed by atoms with van der Waals surface area (Å²) in [6, 6.07) is 10.3. The van der Waals surface area contributed by atoms with E-state index in [1.165, 1.54) is 0 Å². The molecule has 2 amide bonds. The van der Waals surface area contributed by atoms with Crippen molar-refractivity contribution in [2.75, 3.05) is 20.1 Å². The van der Waals surface area contributed by atoms with Gasteiger partial charge in [-0.1, -0.05) is 30.3 Å². The van der Waals surface area contributed by atoms with Gasteiger partial charge in [0.2, 0.25) is 0 Å². The van der Waals surface area contributed by atoms with Crippen molar-refractivity contribution in [3.05, 3.63) is 35.9 Å². The lowest BCUT2D eigenvalue weighted by atomic mass is 10.1. The number of carbonyl (C=O) groups is 1. The van der Waals surface area contributed by atoms with Crippen LogP contribution >= 0.6 is 0 Å². The van der Waals surface area contributed by atoms with Gasteiger partial charge in [0.1, 0.15) is 0 Å². The number of carbonyl (C=O) groups excluding carboxylic acids is 1. The number of hydrogen-bond acceptors (Lipinski definition) is 2. The summed E-state index contributed by atoms with van der Waals surface area (Å²) in [5.41, 5.74) is 1.13. The molecule has 1 heterocycles. The molecule has 0 radical (unpaired) electrons. The highest BCUT2D eigenvalue weighted by Gasteiger charge is 2.21. The summed E-state index contributed by atoms with van der Waals surface area (Å²) in [4.78, 5) is 13.8. The normalized spacial score (nSPS) is 19.3. The minimum Gasteiger partial charge on any atom is -0.334 e. The van der Waals surface area contributed by atoms with Gasteiger partial charge in [0.15, 0.2) is 0 Å². The van der Waals surface area contributed by atoms with E-state index in [1.54, 1.807) is 0 Å². The molecule has 4 heteroatoms. The smallest absolute Gasteiger partial charge is 0.317 e. The van der Waals surface area contributed by atoms with Crippen LogP contribution in [0.3, 0.4) is 0 Å². The first-order valence-electron chi connectivity index (χ1n) is 6.52. The van der Waals surface area contributed by atoms with Crippen LogP contribution in [0.4, 0.5) is 4.79 Å². The molecule has 1 aromatic carbocycles. The van der Waals surface area contributed by atoms with E-state index in [9.17, 15) is 4.79 Å². The van der Waals surface area contributed by atoms with Crippen LogP contribution in [0.2, 0.25) is 0 Å². The Morgan fingerprint density at radius 3 is 2.89 bits per heavy atom. The van der Waals surface area contributed by atoms with Crippen LogP contribution in [0, 0.1) is 0 Å². The number of hydrogen-bond donors (Lipinski definition) is 2. The van der Waals surface area contributed by atoms with E-state index >= 15 is 0 Å². The maximum absolute atomic E-state index is 12.0. The highest BCUT2D eigenvalue weighted by Crippen LogP contribution is 2.08. The highest BCUT2D eigenvalue weighted by molar-refractivity contribution is 5.74. The first-order chi connectivity index (χ1) is 8.77. The Balaban J connectivity index is 1.80. The number of nitrogens with zero attached hydrogens (tertiary/aromatic N) is 1. The summed E-state index contributed by atoms with van der Waals surface area (Å²) in [5, 5.41) is 6.28. The number of amides is 2. The Hall–Kier alpha value is -1.55. The zero-order chi connectivity index (χ0) is 12.8. The van der Waals surface area contributed by atoms with Gasteiger partial charge in [-0.3, -0.25) is 0 Å². The third kappa shape index (κ3) is 3.47. The summed E-state index contributed by atoms with van der Waals surface area (Å²) >= 11 is 0. The molecule has 1 aromatic rings. The van der Waals surface area contributed by atoms with Gasteiger partial charge < -0.3 is 15.5 Å². The lowest BCUT2D eigenvalue weighted by Crippen LogP contribution is -2.49. The molecule has 0 saturated carbocycles. The van der Waals surface area contributed by atoms with Crippen LogP contribution < -0.4 is 10.6 Å². The second kappa shape index (κ2) is 6.40. The fourth-order valence-corrected chi connectivity index (χ4v) is 2.23. The number of likely N-dealkylation sites (N-methyl/N-ethyl adjacent to an activating group) is 1. The van der Waals surface area contributed by atoms with Crippen molar-refractivity contribution < 1.29 is 4.79 Å². The van der Waals surface area contributed by atoms with Gasteiger partial charge in [0.05, 0.1) is 0 Å². The van der Waals surface area contributed by atoms with Crippen molar-refractivity contribution in [3.8, 4) is 0 Å². The lowest BCUT2D eigenvalue weighted by Gasteiger charge is -2.31. The van der Waals surface area contributed by atoms with Crippen molar-refractivity contribution in [2.24, 2.45) is 0 Å². The van der Waals surface area contributed by atoms with E-state index in [4.69, 9.17) is 0 Å². The van der Waals surface area contributed by atoms with Crippen molar-refractivity contribution in [3.63, 3.8) is 0 Å². The molecule has 1 aliphatic rings. The Kier molecular flexibility index (Phi) is 4.59. The average molecular weight is 247 g/mol. The van der Waals surface area contributed by atoms with E-state index in [1.807, 2.05) is 42.3 Å². The zero-order valence-corrected chi connectivity index (χ0v) is 10.9. The van der Waals surface area contributed by atoms with Crippen LogP contribution in [0.25, 0.3) is 0 Å². The third-order valence-electron chi connectivity index (χ3n) is 3.43. The van der Waals surface area contributed by atoms with Gasteiger partial charge in [-0.05, 0) is 24.9 Å². The van der Waals surface area contributed by atoms with Crippen LogP contribution in [0.5, 0.6) is 0 Å². The second-order valence-electron chi connectivity index (χ2n) is 4.76. The van der Waals surface area contributed by atoms with Gasteiger partial charge in [-0.25, -0.2) is 4.79 Å². The Labute approximate surface area is 108 Å². The van der Waals surface area contributed by atoms with Crippen molar-refractivity contribution in [2.45, 2.75) is 25.4 Å². The molecule has 0 aromatic heterocycles. The molecule has 0 spiro atoms. The molecule has 2 rings (SSSR count). The summed E-state index contributed by atoms with van der Waals surface area (Å²) in [6.07, 6.45) is 2.23. The molecule has 0 aliphatic carbocycles. The fourth-order valence-electron chi connectivity index (χ4n) is 2.23. The molecule has 1 aliphatic heterocycles. The van der Waals surface area contributed by atoms with E-state index in [-0.39, 0.29) is 6.03 Å². The molecule has 98 valence electrons. The predicted octanol–water partition coefficient (Wildman–Crippen LogP) is 1.58. The van der Waals surface area contributed by atoms with Crippen LogP contribution in [-0.4, -0.2) is 37.1 Å². The molecule has 1 atom stereocenters. The minimum atomic E-state index is 0.00699. The lowest BCUT2D eigenvalue weighted by molar-refractivity contribution is 0.178. The summed E-state index contributed by atoms with van der Waals surface area (Å²) in [7, 11) is 1.87. The van der Waals surface area contributed by atoms with E-state index < -0.39 is 0 Å². The van der Waals surface area contributed by atoms with Crippen molar-refractivity contribution >= 4 is 6.03 Å². The Morgan fingerprint density at radius 2 is 2.22 bits per heavy atom. The Morgan fingerprint density at radius 1 is 1.44 bits per heavy atom. The first kappa shape index (κ1) is 12.9. The van der Waals surface area contributed by atoms with Gasteiger partial charge >= 0.3 is 6.03 Å². The van der Waals surface area contributed by atoms with Crippen LogP contribution in [0.15, 0.2) is 30.3 Å². The SMILES string of the molecule is CN(C(=O)NCc1ccccc1)C1CCCNC1. The number of benzene rings is 1.